The standard InChI is InChI=1S/C11H14N2/c1-13(2)8-10-7-9-5-3-4-6-11(9)12-10/h3-7,12H,8H2,1-2H3/p+1. The zero-order valence-electron chi connectivity index (χ0n) is 8.09. The molecule has 0 aliphatic carbocycles. The van der Waals surface area contributed by atoms with Gasteiger partial charge in [0, 0.05) is 5.52 Å². The molecule has 0 amide bonds. The molecule has 0 unspecified atom stereocenters. The van der Waals surface area contributed by atoms with E-state index < -0.39 is 0 Å². The lowest BCUT2D eigenvalue weighted by Gasteiger charge is -2.03. The van der Waals surface area contributed by atoms with Gasteiger partial charge < -0.3 is 9.88 Å². The van der Waals surface area contributed by atoms with Crippen LogP contribution in [0.5, 0.6) is 0 Å². The molecule has 0 bridgehead atoms. The number of fused-ring (bicyclic) bond motifs is 1. The van der Waals surface area contributed by atoms with E-state index >= 15 is 0 Å². The van der Waals surface area contributed by atoms with Gasteiger partial charge in [-0.3, -0.25) is 0 Å². The van der Waals surface area contributed by atoms with Crippen molar-refractivity contribution in [3.05, 3.63) is 36.0 Å². The molecule has 68 valence electrons. The van der Waals surface area contributed by atoms with Gasteiger partial charge in [-0.2, -0.15) is 0 Å². The molecule has 0 atom stereocenters. The Labute approximate surface area is 78.2 Å². The normalized spacial score (nSPS) is 11.3. The van der Waals surface area contributed by atoms with Crippen LogP contribution in [0.15, 0.2) is 30.3 Å². The van der Waals surface area contributed by atoms with Crippen LogP contribution in [0.3, 0.4) is 0 Å². The Bertz CT molecular complexity index is 368. The molecular weight excluding hydrogens is 160 g/mol. The average Bonchev–Trinajstić information content (AvgIpc) is 2.44. The predicted octanol–water partition coefficient (Wildman–Crippen LogP) is 0.812. The Kier molecular flexibility index (Phi) is 2.07. The van der Waals surface area contributed by atoms with Gasteiger partial charge >= 0.3 is 0 Å². The second kappa shape index (κ2) is 3.23. The van der Waals surface area contributed by atoms with Gasteiger partial charge in [0.15, 0.2) is 0 Å². The highest BCUT2D eigenvalue weighted by Gasteiger charge is 2.01. The lowest BCUT2D eigenvalue weighted by Crippen LogP contribution is -3.04. The zero-order chi connectivity index (χ0) is 9.26. The van der Waals surface area contributed by atoms with Crippen molar-refractivity contribution in [3.8, 4) is 0 Å². The molecular formula is C11H15N2+. The third kappa shape index (κ3) is 1.73. The Morgan fingerprint density at radius 2 is 2.00 bits per heavy atom. The van der Waals surface area contributed by atoms with Gasteiger partial charge in [0.05, 0.1) is 19.8 Å². The number of rotatable bonds is 2. The Morgan fingerprint density at radius 3 is 2.69 bits per heavy atom. The third-order valence-corrected chi connectivity index (χ3v) is 2.13. The first-order chi connectivity index (χ1) is 6.25. The lowest BCUT2D eigenvalue weighted by molar-refractivity contribution is -0.873. The Balaban J connectivity index is 2.38. The van der Waals surface area contributed by atoms with Crippen molar-refractivity contribution >= 4 is 10.9 Å². The monoisotopic (exact) mass is 175 g/mol. The van der Waals surface area contributed by atoms with Gasteiger partial charge in [0.2, 0.25) is 0 Å². The number of quaternary nitrogens is 1. The first-order valence-corrected chi connectivity index (χ1v) is 4.61. The van der Waals surface area contributed by atoms with Crippen LogP contribution in [0.4, 0.5) is 0 Å². The van der Waals surface area contributed by atoms with Crippen LogP contribution in [0.1, 0.15) is 5.69 Å². The minimum atomic E-state index is 1.05. The van der Waals surface area contributed by atoms with Crippen LogP contribution in [-0.2, 0) is 6.54 Å². The summed E-state index contributed by atoms with van der Waals surface area (Å²) in [6, 6.07) is 10.6. The van der Waals surface area contributed by atoms with Crippen molar-refractivity contribution < 1.29 is 4.90 Å². The summed E-state index contributed by atoms with van der Waals surface area (Å²) < 4.78 is 0. The summed E-state index contributed by atoms with van der Waals surface area (Å²) in [6.07, 6.45) is 0. The number of benzene rings is 1. The zero-order valence-corrected chi connectivity index (χ0v) is 8.09. The summed E-state index contributed by atoms with van der Waals surface area (Å²) in [5, 5.41) is 1.30. The molecule has 1 heterocycles. The van der Waals surface area contributed by atoms with E-state index in [0.29, 0.717) is 0 Å². The highest BCUT2D eigenvalue weighted by Crippen LogP contribution is 2.13. The maximum Gasteiger partial charge on any atom is 0.117 e. The van der Waals surface area contributed by atoms with Crippen molar-refractivity contribution in [2.75, 3.05) is 14.1 Å². The van der Waals surface area contributed by atoms with Gasteiger partial charge in [-0.05, 0) is 17.5 Å². The number of hydrogen-bond donors (Lipinski definition) is 2. The van der Waals surface area contributed by atoms with E-state index in [0.717, 1.165) is 6.54 Å². The maximum atomic E-state index is 3.41. The molecule has 2 nitrogen and oxygen atoms in total. The summed E-state index contributed by atoms with van der Waals surface area (Å²) in [4.78, 5) is 4.84. The SMILES string of the molecule is C[NH+](C)Cc1cc2ccccc2[nH]1. The van der Waals surface area contributed by atoms with E-state index in [1.807, 2.05) is 0 Å². The molecule has 0 saturated carbocycles. The molecule has 2 N–H and O–H groups in total. The highest BCUT2D eigenvalue weighted by molar-refractivity contribution is 5.80. The molecule has 13 heavy (non-hydrogen) atoms. The van der Waals surface area contributed by atoms with Crippen molar-refractivity contribution in [2.24, 2.45) is 0 Å². The van der Waals surface area contributed by atoms with Gasteiger partial charge in [-0.15, -0.1) is 0 Å². The Hall–Kier alpha value is -1.28. The van der Waals surface area contributed by atoms with Crippen molar-refractivity contribution in [2.45, 2.75) is 6.54 Å². The minimum Gasteiger partial charge on any atom is -0.354 e. The fourth-order valence-corrected chi connectivity index (χ4v) is 1.61. The average molecular weight is 175 g/mol. The number of H-pyrrole nitrogens is 1. The van der Waals surface area contributed by atoms with Crippen LogP contribution in [0.2, 0.25) is 0 Å². The fraction of sp³-hybridized carbons (Fsp3) is 0.273. The number of aromatic nitrogens is 1. The molecule has 2 rings (SSSR count). The first kappa shape index (κ1) is 8.32. The molecule has 0 saturated heterocycles. The fourth-order valence-electron chi connectivity index (χ4n) is 1.61. The molecule has 2 heteroatoms. The van der Waals surface area contributed by atoms with Gasteiger partial charge in [-0.25, -0.2) is 0 Å². The van der Waals surface area contributed by atoms with Crippen LogP contribution < -0.4 is 4.90 Å². The molecule has 0 fully saturated rings. The first-order valence-electron chi connectivity index (χ1n) is 4.61. The molecule has 0 aliphatic rings. The summed E-state index contributed by atoms with van der Waals surface area (Å²) >= 11 is 0. The number of para-hydroxylation sites is 1. The Morgan fingerprint density at radius 1 is 1.23 bits per heavy atom. The number of nitrogens with one attached hydrogen (secondary N) is 2. The molecule has 0 aliphatic heterocycles. The quantitative estimate of drug-likeness (QED) is 0.674. The van der Waals surface area contributed by atoms with E-state index in [1.165, 1.54) is 21.5 Å². The topological polar surface area (TPSA) is 20.2 Å². The van der Waals surface area contributed by atoms with Crippen molar-refractivity contribution in [3.63, 3.8) is 0 Å². The van der Waals surface area contributed by atoms with Crippen LogP contribution in [0, 0.1) is 0 Å². The second-order valence-corrected chi connectivity index (χ2v) is 3.77. The number of hydrogen-bond acceptors (Lipinski definition) is 0. The van der Waals surface area contributed by atoms with Gasteiger partial charge in [0.25, 0.3) is 0 Å². The maximum absolute atomic E-state index is 3.41. The molecule has 1 aromatic carbocycles. The molecule has 1 aromatic heterocycles. The second-order valence-electron chi connectivity index (χ2n) is 3.77. The summed E-state index contributed by atoms with van der Waals surface area (Å²) in [6.45, 7) is 1.05. The predicted molar refractivity (Wildman–Crippen MR) is 54.8 cm³/mol. The largest absolute Gasteiger partial charge is 0.354 e. The summed E-state index contributed by atoms with van der Waals surface area (Å²) in [7, 11) is 4.32. The minimum absolute atomic E-state index is 1.05. The van der Waals surface area contributed by atoms with Crippen LogP contribution in [-0.4, -0.2) is 19.1 Å². The third-order valence-electron chi connectivity index (χ3n) is 2.13. The van der Waals surface area contributed by atoms with E-state index in [1.54, 1.807) is 0 Å². The van der Waals surface area contributed by atoms with Crippen LogP contribution >= 0.6 is 0 Å². The molecule has 0 radical (unpaired) electrons. The van der Waals surface area contributed by atoms with E-state index in [-0.39, 0.29) is 0 Å². The van der Waals surface area contributed by atoms with Crippen molar-refractivity contribution in [1.29, 1.82) is 0 Å². The smallest absolute Gasteiger partial charge is 0.117 e. The number of aromatic amines is 1. The van der Waals surface area contributed by atoms with E-state index in [2.05, 4.69) is 49.4 Å². The van der Waals surface area contributed by atoms with Gasteiger partial charge in [-0.1, -0.05) is 18.2 Å². The van der Waals surface area contributed by atoms with Gasteiger partial charge in [0.1, 0.15) is 6.54 Å². The van der Waals surface area contributed by atoms with E-state index in [9.17, 15) is 0 Å². The molecule has 2 aromatic rings. The van der Waals surface area contributed by atoms with Crippen LogP contribution in [0.25, 0.3) is 10.9 Å². The van der Waals surface area contributed by atoms with E-state index in [4.69, 9.17) is 0 Å². The molecule has 0 spiro atoms. The summed E-state index contributed by atoms with van der Waals surface area (Å²) in [5.41, 5.74) is 2.54. The highest BCUT2D eigenvalue weighted by atomic mass is 15.1. The van der Waals surface area contributed by atoms with Crippen molar-refractivity contribution in [1.82, 2.24) is 4.98 Å². The lowest BCUT2D eigenvalue weighted by atomic mass is 10.2. The summed E-state index contributed by atoms with van der Waals surface area (Å²) in [5.74, 6) is 0.